The molecule has 0 spiro atoms. The number of carbonyl (C=O) groups is 2. The average molecular weight is 549 g/mol. The highest BCUT2D eigenvalue weighted by atomic mass is 35.5. The number of nitrogens with two attached hydrogens (primary N) is 1. The summed E-state index contributed by atoms with van der Waals surface area (Å²) < 4.78 is 0. The van der Waals surface area contributed by atoms with Crippen molar-refractivity contribution in [3.8, 4) is 0 Å². The van der Waals surface area contributed by atoms with E-state index in [1.165, 1.54) is 0 Å². The van der Waals surface area contributed by atoms with E-state index in [0.717, 1.165) is 54.7 Å². The zero-order chi connectivity index (χ0) is 27.9. The Labute approximate surface area is 235 Å². The third-order valence-corrected chi connectivity index (χ3v) is 8.03. The fourth-order valence-electron chi connectivity index (χ4n) is 5.45. The van der Waals surface area contributed by atoms with E-state index >= 15 is 0 Å². The van der Waals surface area contributed by atoms with Crippen LogP contribution in [0.1, 0.15) is 58.9 Å². The summed E-state index contributed by atoms with van der Waals surface area (Å²) in [6, 6.07) is 14.0. The minimum atomic E-state index is -0.474. The molecule has 8 nitrogen and oxygen atoms in total. The van der Waals surface area contributed by atoms with Crippen LogP contribution in [0, 0.1) is 13.8 Å². The van der Waals surface area contributed by atoms with Crippen LogP contribution in [0.25, 0.3) is 0 Å². The number of primary amides is 1. The van der Waals surface area contributed by atoms with Gasteiger partial charge in [-0.1, -0.05) is 41.9 Å². The molecule has 3 heterocycles. The number of hydrogen-bond donors (Lipinski definition) is 2. The van der Waals surface area contributed by atoms with Crippen LogP contribution in [0.4, 0.5) is 10.5 Å². The Morgan fingerprint density at radius 2 is 1.79 bits per heavy atom. The van der Waals surface area contributed by atoms with Crippen molar-refractivity contribution in [1.82, 2.24) is 19.8 Å². The normalized spacial score (nSPS) is 15.1. The molecule has 1 saturated heterocycles. The smallest absolute Gasteiger partial charge is 0.322 e. The van der Waals surface area contributed by atoms with Gasteiger partial charge in [-0.3, -0.25) is 9.78 Å². The molecule has 1 aromatic carbocycles. The van der Waals surface area contributed by atoms with Gasteiger partial charge in [-0.2, -0.15) is 0 Å². The first kappa shape index (κ1) is 28.5. The number of nitrogens with one attached hydrogen (secondary N) is 1. The Morgan fingerprint density at radius 3 is 2.44 bits per heavy atom. The van der Waals surface area contributed by atoms with Crippen LogP contribution in [0.5, 0.6) is 0 Å². The van der Waals surface area contributed by atoms with Gasteiger partial charge in [0.1, 0.15) is 5.15 Å². The maximum absolute atomic E-state index is 13.4. The van der Waals surface area contributed by atoms with Gasteiger partial charge in [0.05, 0.1) is 11.3 Å². The van der Waals surface area contributed by atoms with Crippen LogP contribution in [0.15, 0.2) is 54.9 Å². The van der Waals surface area contributed by atoms with E-state index < -0.39 is 5.91 Å². The summed E-state index contributed by atoms with van der Waals surface area (Å²) in [4.78, 5) is 38.2. The van der Waals surface area contributed by atoms with Crippen LogP contribution < -0.4 is 11.1 Å². The van der Waals surface area contributed by atoms with Crippen molar-refractivity contribution in [3.05, 3.63) is 88.0 Å². The van der Waals surface area contributed by atoms with Gasteiger partial charge in [0.25, 0.3) is 5.91 Å². The van der Waals surface area contributed by atoms with E-state index in [9.17, 15) is 9.59 Å². The second kappa shape index (κ2) is 13.0. The van der Waals surface area contributed by atoms with Gasteiger partial charge >= 0.3 is 6.03 Å². The highest BCUT2D eigenvalue weighted by molar-refractivity contribution is 6.30. The van der Waals surface area contributed by atoms with Crippen LogP contribution in [-0.2, 0) is 13.0 Å². The van der Waals surface area contributed by atoms with Crippen LogP contribution in [0.3, 0.4) is 0 Å². The third-order valence-electron chi connectivity index (χ3n) is 7.71. The number of hydrogen-bond acceptors (Lipinski definition) is 5. The summed E-state index contributed by atoms with van der Waals surface area (Å²) in [6.45, 7) is 8.21. The highest BCUT2D eigenvalue weighted by Crippen LogP contribution is 2.27. The summed E-state index contributed by atoms with van der Waals surface area (Å²) in [7, 11) is 0. The molecule has 1 atom stereocenters. The molecule has 1 fully saturated rings. The Balaban J connectivity index is 1.39. The Bertz CT molecular complexity index is 1280. The second-order valence-electron chi connectivity index (χ2n) is 10.3. The number of anilines is 1. The first-order valence-corrected chi connectivity index (χ1v) is 13.8. The minimum absolute atomic E-state index is 0.0983. The molecule has 4 rings (SSSR count). The molecule has 0 bridgehead atoms. The first-order chi connectivity index (χ1) is 18.7. The van der Waals surface area contributed by atoms with E-state index in [1.54, 1.807) is 31.5 Å². The van der Waals surface area contributed by atoms with E-state index in [4.69, 9.17) is 17.3 Å². The van der Waals surface area contributed by atoms with Crippen molar-refractivity contribution < 1.29 is 9.59 Å². The van der Waals surface area contributed by atoms with Crippen molar-refractivity contribution in [2.75, 3.05) is 18.4 Å². The van der Waals surface area contributed by atoms with Crippen LogP contribution >= 0.6 is 11.6 Å². The van der Waals surface area contributed by atoms with Gasteiger partial charge in [0.15, 0.2) is 0 Å². The fraction of sp³-hybridized carbons (Fsp3) is 0.400. The van der Waals surface area contributed by atoms with E-state index in [0.29, 0.717) is 35.4 Å². The summed E-state index contributed by atoms with van der Waals surface area (Å²) >= 11 is 6.47. The topological polar surface area (TPSA) is 104 Å². The molecule has 3 N–H and O–H groups in total. The molecule has 0 radical (unpaired) electrons. The molecule has 9 heteroatoms. The molecule has 206 valence electrons. The van der Waals surface area contributed by atoms with Crippen molar-refractivity contribution in [3.63, 3.8) is 0 Å². The fourth-order valence-corrected chi connectivity index (χ4v) is 5.82. The number of halogens is 1. The zero-order valence-corrected chi connectivity index (χ0v) is 23.6. The van der Waals surface area contributed by atoms with Crippen molar-refractivity contribution >= 4 is 29.2 Å². The molecule has 0 aliphatic carbocycles. The number of likely N-dealkylation sites (tertiary alicyclic amines) is 1. The quantitative estimate of drug-likeness (QED) is 0.350. The molecule has 0 saturated carbocycles. The molecule has 2 aromatic heterocycles. The van der Waals surface area contributed by atoms with Gasteiger partial charge in [0.2, 0.25) is 0 Å². The lowest BCUT2D eigenvalue weighted by molar-refractivity contribution is 0.0992. The number of carbonyl (C=O) groups excluding carboxylic acids is 2. The SMILES string of the molecule is Cc1nc(Cl)c(CC[C@@H](C)N2CCC(N(Cc3ccccc3)C(=O)Nc3ccncc3)CC2)c(C)c1C(N)=O. The molecular formula is C30H37ClN6O2. The standard InChI is InChI=1S/C30H37ClN6O2/c1-20(9-10-26-21(2)27(29(32)38)22(3)34-28(26)31)36-17-13-25(14-18-36)37(19-23-7-5-4-6-8-23)30(39)35-24-11-15-33-16-12-24/h4-8,11-12,15-16,20,25H,9-10,13-14,17-19H2,1-3H3,(H2,32,38)(H,33,35,39)/t20-/m1/s1. The second-order valence-corrected chi connectivity index (χ2v) is 10.6. The average Bonchev–Trinajstić information content (AvgIpc) is 2.92. The van der Waals surface area contributed by atoms with Crippen molar-refractivity contribution in [2.45, 2.75) is 65.1 Å². The predicted molar refractivity (Wildman–Crippen MR) is 155 cm³/mol. The number of nitrogens with zero attached hydrogens (tertiary/aromatic N) is 4. The Kier molecular flexibility index (Phi) is 9.54. The van der Waals surface area contributed by atoms with E-state index in [-0.39, 0.29) is 12.1 Å². The van der Waals surface area contributed by atoms with Gasteiger partial charge in [-0.05, 0) is 75.3 Å². The minimum Gasteiger partial charge on any atom is -0.366 e. The van der Waals surface area contributed by atoms with Gasteiger partial charge in [-0.25, -0.2) is 9.78 Å². The number of piperidine rings is 1. The maximum atomic E-state index is 13.4. The first-order valence-electron chi connectivity index (χ1n) is 13.5. The Morgan fingerprint density at radius 1 is 1.13 bits per heavy atom. The number of urea groups is 1. The molecule has 39 heavy (non-hydrogen) atoms. The summed E-state index contributed by atoms with van der Waals surface area (Å²) in [6.07, 6.45) is 6.72. The molecular weight excluding hydrogens is 512 g/mol. The number of aryl methyl sites for hydroxylation is 1. The zero-order valence-electron chi connectivity index (χ0n) is 22.9. The lowest BCUT2D eigenvalue weighted by Gasteiger charge is -2.41. The molecule has 1 aliphatic heterocycles. The van der Waals surface area contributed by atoms with Crippen LogP contribution in [0.2, 0.25) is 5.15 Å². The predicted octanol–water partition coefficient (Wildman–Crippen LogP) is 5.37. The molecule has 3 amide bonds. The molecule has 1 aliphatic rings. The van der Waals surface area contributed by atoms with Crippen molar-refractivity contribution in [1.29, 1.82) is 0 Å². The van der Waals surface area contributed by atoms with Gasteiger partial charge in [-0.15, -0.1) is 0 Å². The van der Waals surface area contributed by atoms with Gasteiger partial charge in [0, 0.05) is 49.8 Å². The Hall–Kier alpha value is -3.49. The summed E-state index contributed by atoms with van der Waals surface area (Å²) in [5.74, 6) is -0.474. The monoisotopic (exact) mass is 548 g/mol. The number of aromatic nitrogens is 2. The van der Waals surface area contributed by atoms with Crippen LogP contribution in [-0.4, -0.2) is 56.9 Å². The lowest BCUT2D eigenvalue weighted by atomic mass is 9.96. The number of amides is 3. The van der Waals surface area contributed by atoms with Crippen molar-refractivity contribution in [2.24, 2.45) is 5.73 Å². The third kappa shape index (κ3) is 7.13. The van der Waals surface area contributed by atoms with E-state index in [2.05, 4.69) is 39.2 Å². The number of benzene rings is 1. The largest absolute Gasteiger partial charge is 0.366 e. The summed E-state index contributed by atoms with van der Waals surface area (Å²) in [5.41, 5.74) is 10.2. The lowest BCUT2D eigenvalue weighted by Crippen LogP contribution is -2.50. The molecule has 0 unspecified atom stereocenters. The maximum Gasteiger partial charge on any atom is 0.322 e. The van der Waals surface area contributed by atoms with Gasteiger partial charge < -0.3 is 20.9 Å². The number of pyridine rings is 2. The number of rotatable bonds is 9. The summed E-state index contributed by atoms with van der Waals surface area (Å²) in [5, 5.41) is 3.48. The molecule has 3 aromatic rings. The van der Waals surface area contributed by atoms with E-state index in [1.807, 2.05) is 30.0 Å². The highest BCUT2D eigenvalue weighted by Gasteiger charge is 2.30.